The highest BCUT2D eigenvalue weighted by Gasteiger charge is 2.19. The zero-order valence-corrected chi connectivity index (χ0v) is 13.6. The second-order valence-corrected chi connectivity index (χ2v) is 6.18. The van der Waals surface area contributed by atoms with E-state index in [0.717, 1.165) is 62.4 Å². The molecule has 1 atom stereocenters. The fraction of sp³-hybridized carbons (Fsp3) is 0.529. The van der Waals surface area contributed by atoms with Gasteiger partial charge in [0.2, 0.25) is 0 Å². The van der Waals surface area contributed by atoms with E-state index in [2.05, 4.69) is 19.8 Å². The Bertz CT molecular complexity index is 654. The number of β-amino-alcohol motifs (C(OH)–C–C–N with tert-alkyl or cyclic N) is 1. The van der Waals surface area contributed by atoms with Crippen molar-refractivity contribution in [2.45, 2.75) is 26.0 Å². The number of para-hydroxylation sites is 1. The topological polar surface area (TPSA) is 78.5 Å². The molecule has 1 aromatic heterocycles. The minimum absolute atomic E-state index is 0.217. The molecular formula is C17H25N5O. The normalized spacial score (nSPS) is 18.3. The number of nitrogens with zero attached hydrogens (tertiary/aromatic N) is 4. The molecule has 0 saturated carbocycles. The standard InChI is InChI=1S/C17H25N5O/c1-2-13(23)11-21-7-9-22(10-8-21)12-16-19-15-6-4-3-5-14(15)17(18)20-16/h3-6,13,23H,2,7-12H2,1H3,(H2,18,19,20). The first-order valence-corrected chi connectivity index (χ1v) is 8.29. The molecule has 0 bridgehead atoms. The van der Waals surface area contributed by atoms with E-state index < -0.39 is 0 Å². The maximum atomic E-state index is 9.75. The third kappa shape index (κ3) is 3.96. The van der Waals surface area contributed by atoms with Crippen LogP contribution >= 0.6 is 0 Å². The van der Waals surface area contributed by atoms with Crippen LogP contribution in [0.25, 0.3) is 10.9 Å². The van der Waals surface area contributed by atoms with E-state index in [-0.39, 0.29) is 6.10 Å². The Morgan fingerprint density at radius 2 is 1.83 bits per heavy atom. The Hall–Kier alpha value is -1.76. The van der Waals surface area contributed by atoms with Crippen molar-refractivity contribution in [3.8, 4) is 0 Å². The zero-order chi connectivity index (χ0) is 16.2. The maximum absolute atomic E-state index is 9.75. The monoisotopic (exact) mass is 315 g/mol. The number of aliphatic hydroxyl groups excluding tert-OH is 1. The summed E-state index contributed by atoms with van der Waals surface area (Å²) in [6, 6.07) is 7.84. The highest BCUT2D eigenvalue weighted by Crippen LogP contribution is 2.18. The fourth-order valence-electron chi connectivity index (χ4n) is 2.98. The van der Waals surface area contributed by atoms with E-state index in [1.807, 2.05) is 31.2 Å². The third-order valence-electron chi connectivity index (χ3n) is 4.45. The Morgan fingerprint density at radius 1 is 1.13 bits per heavy atom. The van der Waals surface area contributed by atoms with Crippen LogP contribution in [0.1, 0.15) is 19.2 Å². The summed E-state index contributed by atoms with van der Waals surface area (Å²) in [6.45, 7) is 7.38. The number of nitrogen functional groups attached to an aromatic ring is 1. The van der Waals surface area contributed by atoms with Gasteiger partial charge < -0.3 is 10.8 Å². The molecule has 6 heteroatoms. The van der Waals surface area contributed by atoms with Gasteiger partial charge in [-0.05, 0) is 18.6 Å². The molecule has 1 unspecified atom stereocenters. The number of nitrogens with two attached hydrogens (primary N) is 1. The maximum Gasteiger partial charge on any atom is 0.145 e. The lowest BCUT2D eigenvalue weighted by Crippen LogP contribution is -2.48. The van der Waals surface area contributed by atoms with Crippen LogP contribution in [-0.2, 0) is 6.54 Å². The molecule has 0 aliphatic carbocycles. The van der Waals surface area contributed by atoms with Crippen molar-refractivity contribution < 1.29 is 5.11 Å². The van der Waals surface area contributed by atoms with E-state index in [0.29, 0.717) is 5.82 Å². The van der Waals surface area contributed by atoms with Crippen molar-refractivity contribution in [2.75, 3.05) is 38.5 Å². The van der Waals surface area contributed by atoms with E-state index in [4.69, 9.17) is 5.73 Å². The van der Waals surface area contributed by atoms with Crippen LogP contribution in [0.4, 0.5) is 5.82 Å². The first-order valence-electron chi connectivity index (χ1n) is 8.29. The lowest BCUT2D eigenvalue weighted by atomic mass is 10.2. The molecular weight excluding hydrogens is 290 g/mol. The van der Waals surface area contributed by atoms with E-state index in [9.17, 15) is 5.11 Å². The van der Waals surface area contributed by atoms with Crippen molar-refractivity contribution in [3.63, 3.8) is 0 Å². The molecule has 124 valence electrons. The average Bonchev–Trinajstić information content (AvgIpc) is 2.56. The molecule has 1 aliphatic rings. The number of aliphatic hydroxyl groups is 1. The van der Waals surface area contributed by atoms with Gasteiger partial charge in [0.1, 0.15) is 11.6 Å². The number of anilines is 1. The number of benzene rings is 1. The summed E-state index contributed by atoms with van der Waals surface area (Å²) in [5, 5.41) is 10.7. The van der Waals surface area contributed by atoms with Gasteiger partial charge in [0.25, 0.3) is 0 Å². The summed E-state index contributed by atoms with van der Waals surface area (Å²) < 4.78 is 0. The van der Waals surface area contributed by atoms with Crippen molar-refractivity contribution >= 4 is 16.7 Å². The molecule has 0 amide bonds. The minimum atomic E-state index is -0.217. The number of hydrogen-bond acceptors (Lipinski definition) is 6. The smallest absolute Gasteiger partial charge is 0.145 e. The minimum Gasteiger partial charge on any atom is -0.392 e. The molecule has 2 aromatic rings. The van der Waals surface area contributed by atoms with Crippen molar-refractivity contribution in [2.24, 2.45) is 0 Å². The molecule has 1 fully saturated rings. The number of aromatic nitrogens is 2. The fourth-order valence-corrected chi connectivity index (χ4v) is 2.98. The lowest BCUT2D eigenvalue weighted by molar-refractivity contribution is 0.0679. The number of piperazine rings is 1. The van der Waals surface area contributed by atoms with E-state index >= 15 is 0 Å². The van der Waals surface area contributed by atoms with E-state index in [1.165, 1.54) is 0 Å². The van der Waals surface area contributed by atoms with Crippen LogP contribution in [0.2, 0.25) is 0 Å². The summed E-state index contributed by atoms with van der Waals surface area (Å²) in [5.41, 5.74) is 6.95. The van der Waals surface area contributed by atoms with E-state index in [1.54, 1.807) is 0 Å². The summed E-state index contributed by atoms with van der Waals surface area (Å²) >= 11 is 0. The van der Waals surface area contributed by atoms with Gasteiger partial charge in [-0.15, -0.1) is 0 Å². The quantitative estimate of drug-likeness (QED) is 0.860. The summed E-state index contributed by atoms with van der Waals surface area (Å²) in [6.07, 6.45) is 0.593. The van der Waals surface area contributed by atoms with Gasteiger partial charge >= 0.3 is 0 Å². The average molecular weight is 315 g/mol. The second-order valence-electron chi connectivity index (χ2n) is 6.18. The highest BCUT2D eigenvalue weighted by atomic mass is 16.3. The van der Waals surface area contributed by atoms with Gasteiger partial charge in [-0.3, -0.25) is 9.80 Å². The van der Waals surface area contributed by atoms with Crippen LogP contribution < -0.4 is 5.73 Å². The van der Waals surface area contributed by atoms with Gasteiger partial charge in [0, 0.05) is 38.1 Å². The third-order valence-corrected chi connectivity index (χ3v) is 4.45. The highest BCUT2D eigenvalue weighted by molar-refractivity contribution is 5.87. The van der Waals surface area contributed by atoms with Crippen LogP contribution in [0.5, 0.6) is 0 Å². The molecule has 1 aliphatic heterocycles. The Kier molecular flexibility index (Phi) is 5.05. The number of rotatable bonds is 5. The second kappa shape index (κ2) is 7.21. The van der Waals surface area contributed by atoms with Crippen molar-refractivity contribution in [1.29, 1.82) is 0 Å². The van der Waals surface area contributed by atoms with Crippen LogP contribution in [0.15, 0.2) is 24.3 Å². The van der Waals surface area contributed by atoms with Gasteiger partial charge in [-0.1, -0.05) is 19.1 Å². The van der Waals surface area contributed by atoms with Crippen LogP contribution in [-0.4, -0.2) is 63.7 Å². The largest absolute Gasteiger partial charge is 0.392 e. The van der Waals surface area contributed by atoms with Crippen molar-refractivity contribution in [1.82, 2.24) is 19.8 Å². The Balaban J connectivity index is 1.61. The Labute approximate surface area is 136 Å². The Morgan fingerprint density at radius 3 is 2.57 bits per heavy atom. The number of hydrogen-bond donors (Lipinski definition) is 2. The number of fused-ring (bicyclic) bond motifs is 1. The molecule has 0 spiro atoms. The summed E-state index contributed by atoms with van der Waals surface area (Å²) in [7, 11) is 0. The molecule has 3 N–H and O–H groups in total. The lowest BCUT2D eigenvalue weighted by Gasteiger charge is -2.35. The van der Waals surface area contributed by atoms with Gasteiger partial charge in [0.15, 0.2) is 0 Å². The van der Waals surface area contributed by atoms with Crippen LogP contribution in [0.3, 0.4) is 0 Å². The first kappa shape index (κ1) is 16.1. The van der Waals surface area contributed by atoms with Gasteiger partial charge in [-0.25, -0.2) is 9.97 Å². The summed E-state index contributed by atoms with van der Waals surface area (Å²) in [4.78, 5) is 13.7. The summed E-state index contributed by atoms with van der Waals surface area (Å²) in [5.74, 6) is 1.33. The molecule has 1 aromatic carbocycles. The van der Waals surface area contributed by atoms with Crippen molar-refractivity contribution in [3.05, 3.63) is 30.1 Å². The SMILES string of the molecule is CCC(O)CN1CCN(Cc2nc(N)c3ccccc3n2)CC1. The van der Waals surface area contributed by atoms with Gasteiger partial charge in [-0.2, -0.15) is 0 Å². The van der Waals surface area contributed by atoms with Crippen LogP contribution in [0, 0.1) is 0 Å². The first-order chi connectivity index (χ1) is 11.2. The molecule has 2 heterocycles. The molecule has 23 heavy (non-hydrogen) atoms. The predicted octanol–water partition coefficient (Wildman–Crippen LogP) is 1.10. The van der Waals surface area contributed by atoms with Gasteiger partial charge in [0.05, 0.1) is 18.2 Å². The molecule has 6 nitrogen and oxygen atoms in total. The molecule has 0 radical (unpaired) electrons. The molecule has 3 rings (SSSR count). The zero-order valence-electron chi connectivity index (χ0n) is 13.6. The predicted molar refractivity (Wildman–Crippen MR) is 92.0 cm³/mol. The molecule has 1 saturated heterocycles.